The Labute approximate surface area is 169 Å². The summed E-state index contributed by atoms with van der Waals surface area (Å²) in [5.41, 5.74) is 5.53. The molecule has 0 aliphatic carbocycles. The second-order valence-corrected chi connectivity index (χ2v) is 7.55. The van der Waals surface area contributed by atoms with Gasteiger partial charge in [0.15, 0.2) is 5.82 Å². The Morgan fingerprint density at radius 2 is 1.86 bits per heavy atom. The van der Waals surface area contributed by atoms with Crippen LogP contribution in [0.3, 0.4) is 0 Å². The maximum Gasteiger partial charge on any atom is 0.227 e. The molecule has 0 amide bonds. The maximum absolute atomic E-state index is 12.0. The summed E-state index contributed by atoms with van der Waals surface area (Å²) in [6.45, 7) is 4.18. The lowest BCUT2D eigenvalue weighted by atomic mass is 10.1. The number of hydrogen-bond donors (Lipinski definition) is 0. The monoisotopic (exact) mass is 382 g/mol. The van der Waals surface area contributed by atoms with Gasteiger partial charge in [-0.15, -0.1) is 0 Å². The first-order valence-electron chi connectivity index (χ1n) is 9.91. The third-order valence-corrected chi connectivity index (χ3v) is 5.57. The van der Waals surface area contributed by atoms with Gasteiger partial charge in [-0.3, -0.25) is 14.3 Å². The molecule has 4 aromatic rings. The lowest BCUT2D eigenvalue weighted by Gasteiger charge is -2.27. The molecular formula is C24H22N4O. The summed E-state index contributed by atoms with van der Waals surface area (Å²) < 4.78 is 1.75. The molecule has 0 atom stereocenters. The Bertz CT molecular complexity index is 1200. The smallest absolute Gasteiger partial charge is 0.227 e. The molecule has 144 valence electrons. The molecule has 3 heterocycles. The van der Waals surface area contributed by atoms with E-state index in [1.54, 1.807) is 11.5 Å². The fraction of sp³-hybridized carbons (Fsp3) is 0.208. The van der Waals surface area contributed by atoms with Crippen LogP contribution in [0.15, 0.2) is 67.0 Å². The summed E-state index contributed by atoms with van der Waals surface area (Å²) in [6, 6.07) is 18.2. The first-order valence-corrected chi connectivity index (χ1v) is 9.91. The Hall–Kier alpha value is -3.31. The minimum Gasteiger partial charge on any atom is -0.294 e. The lowest BCUT2D eigenvalue weighted by molar-refractivity contribution is 0.0941. The predicted molar refractivity (Wildman–Crippen MR) is 114 cm³/mol. The lowest BCUT2D eigenvalue weighted by Crippen LogP contribution is -2.31. The molecule has 0 spiro atoms. The topological polar surface area (TPSA) is 51.0 Å². The van der Waals surface area contributed by atoms with E-state index >= 15 is 0 Å². The molecule has 0 fully saturated rings. The van der Waals surface area contributed by atoms with Crippen molar-refractivity contribution >= 4 is 16.8 Å². The molecule has 2 aromatic heterocycles. The molecule has 1 aliphatic rings. The summed E-state index contributed by atoms with van der Waals surface area (Å²) in [5, 5.41) is 1.14. The van der Waals surface area contributed by atoms with Gasteiger partial charge in [-0.2, -0.15) is 0 Å². The van der Waals surface area contributed by atoms with Crippen molar-refractivity contribution in [3.8, 4) is 11.4 Å². The molecule has 29 heavy (non-hydrogen) atoms. The van der Waals surface area contributed by atoms with Crippen LogP contribution in [0.5, 0.6) is 0 Å². The zero-order valence-electron chi connectivity index (χ0n) is 16.4. The summed E-state index contributed by atoms with van der Waals surface area (Å²) >= 11 is 0. The third-order valence-electron chi connectivity index (χ3n) is 5.57. The van der Waals surface area contributed by atoms with Crippen molar-refractivity contribution in [1.82, 2.24) is 19.4 Å². The van der Waals surface area contributed by atoms with Gasteiger partial charge in [0.05, 0.1) is 11.2 Å². The van der Waals surface area contributed by atoms with E-state index in [2.05, 4.69) is 16.0 Å². The Morgan fingerprint density at radius 3 is 2.69 bits per heavy atom. The zero-order valence-corrected chi connectivity index (χ0v) is 16.4. The van der Waals surface area contributed by atoms with Gasteiger partial charge in [0.2, 0.25) is 5.91 Å². The quantitative estimate of drug-likeness (QED) is 0.530. The molecule has 1 aliphatic heterocycles. The Kier molecular flexibility index (Phi) is 4.45. The van der Waals surface area contributed by atoms with E-state index in [9.17, 15) is 4.79 Å². The number of benzene rings is 2. The van der Waals surface area contributed by atoms with Crippen molar-refractivity contribution in [3.05, 3.63) is 83.8 Å². The molecule has 0 N–H and O–H groups in total. The summed E-state index contributed by atoms with van der Waals surface area (Å²) in [7, 11) is 0. The Morgan fingerprint density at radius 1 is 1.07 bits per heavy atom. The number of para-hydroxylation sites is 1. The largest absolute Gasteiger partial charge is 0.294 e. The molecular weight excluding hydrogens is 360 g/mol. The highest BCUT2D eigenvalue weighted by molar-refractivity contribution is 5.93. The molecule has 0 bridgehead atoms. The van der Waals surface area contributed by atoms with Gasteiger partial charge >= 0.3 is 0 Å². The van der Waals surface area contributed by atoms with Crippen LogP contribution in [0, 0.1) is 0 Å². The first kappa shape index (κ1) is 17.8. The number of carbonyl (C=O) groups is 1. The third kappa shape index (κ3) is 3.34. The normalized spacial score (nSPS) is 14.1. The molecule has 2 aromatic carbocycles. The molecule has 0 saturated heterocycles. The molecule has 5 rings (SSSR count). The minimum atomic E-state index is 0.0401. The summed E-state index contributed by atoms with van der Waals surface area (Å²) in [6.07, 6.45) is 4.86. The van der Waals surface area contributed by atoms with Crippen LogP contribution in [0.4, 0.5) is 0 Å². The van der Waals surface area contributed by atoms with Crippen LogP contribution >= 0.6 is 0 Å². The van der Waals surface area contributed by atoms with Crippen LogP contribution in [0.2, 0.25) is 0 Å². The van der Waals surface area contributed by atoms with Crippen molar-refractivity contribution in [3.63, 3.8) is 0 Å². The van der Waals surface area contributed by atoms with Gasteiger partial charge in [0, 0.05) is 61.9 Å². The highest BCUT2D eigenvalue weighted by atomic mass is 16.1. The molecule has 5 nitrogen and oxygen atoms in total. The van der Waals surface area contributed by atoms with Crippen LogP contribution in [0.25, 0.3) is 22.3 Å². The molecule has 0 saturated carbocycles. The van der Waals surface area contributed by atoms with Gasteiger partial charge in [-0.1, -0.05) is 48.5 Å². The minimum absolute atomic E-state index is 0.0401. The average Bonchev–Trinajstić information content (AvgIpc) is 3.13. The molecule has 0 unspecified atom stereocenters. The summed E-state index contributed by atoms with van der Waals surface area (Å²) in [4.78, 5) is 23.8. The van der Waals surface area contributed by atoms with E-state index in [1.165, 1.54) is 11.1 Å². The fourth-order valence-electron chi connectivity index (χ4n) is 4.11. The predicted octanol–water partition coefficient (Wildman–Crippen LogP) is 4.32. The number of rotatable bonds is 3. The maximum atomic E-state index is 12.0. The van der Waals surface area contributed by atoms with E-state index in [0.717, 1.165) is 54.0 Å². The second kappa shape index (κ2) is 7.26. The van der Waals surface area contributed by atoms with Gasteiger partial charge < -0.3 is 0 Å². The van der Waals surface area contributed by atoms with Crippen LogP contribution in [-0.4, -0.2) is 31.9 Å². The highest BCUT2D eigenvalue weighted by Crippen LogP contribution is 2.26. The van der Waals surface area contributed by atoms with E-state index < -0.39 is 0 Å². The van der Waals surface area contributed by atoms with E-state index in [1.807, 2.05) is 60.9 Å². The van der Waals surface area contributed by atoms with Crippen molar-refractivity contribution in [2.45, 2.75) is 26.4 Å². The van der Waals surface area contributed by atoms with Crippen LogP contribution < -0.4 is 0 Å². The number of hydrogen-bond acceptors (Lipinski definition) is 4. The van der Waals surface area contributed by atoms with Gasteiger partial charge in [0.25, 0.3) is 0 Å². The van der Waals surface area contributed by atoms with Crippen molar-refractivity contribution in [2.75, 3.05) is 6.54 Å². The van der Waals surface area contributed by atoms with E-state index in [-0.39, 0.29) is 5.91 Å². The number of fused-ring (bicyclic) bond motifs is 2. The van der Waals surface area contributed by atoms with Crippen LogP contribution in [-0.2, 0) is 19.5 Å². The Balaban J connectivity index is 1.40. The standard InChI is InChI=1S/C24H22N4O/c1-17(29)28-16-20(21-9-5-6-10-23(21)28)15-27-12-11-22-19(14-27)13-25-24(26-22)18-7-3-2-4-8-18/h2-10,13,16H,11-12,14-15H2,1H3. The van der Waals surface area contributed by atoms with E-state index in [0.29, 0.717) is 0 Å². The first-order chi connectivity index (χ1) is 14.2. The summed E-state index contributed by atoms with van der Waals surface area (Å²) in [5.74, 6) is 0.834. The zero-order chi connectivity index (χ0) is 19.8. The van der Waals surface area contributed by atoms with Gasteiger partial charge in [-0.25, -0.2) is 9.97 Å². The van der Waals surface area contributed by atoms with Crippen molar-refractivity contribution < 1.29 is 4.79 Å². The second-order valence-electron chi connectivity index (χ2n) is 7.55. The van der Waals surface area contributed by atoms with Gasteiger partial charge in [0.1, 0.15) is 0 Å². The fourth-order valence-corrected chi connectivity index (χ4v) is 4.11. The average molecular weight is 382 g/mol. The highest BCUT2D eigenvalue weighted by Gasteiger charge is 2.21. The van der Waals surface area contributed by atoms with Crippen LogP contribution in [0.1, 0.15) is 28.5 Å². The number of carbonyl (C=O) groups excluding carboxylic acids is 1. The molecule has 0 radical (unpaired) electrons. The van der Waals surface area contributed by atoms with Crippen molar-refractivity contribution in [2.24, 2.45) is 0 Å². The SMILES string of the molecule is CC(=O)n1cc(CN2CCc3nc(-c4ccccc4)ncc3C2)c2ccccc21. The van der Waals surface area contributed by atoms with Gasteiger partial charge in [-0.05, 0) is 11.6 Å². The van der Waals surface area contributed by atoms with E-state index in [4.69, 9.17) is 4.98 Å². The number of nitrogens with zero attached hydrogens (tertiary/aromatic N) is 4. The number of aromatic nitrogens is 3. The molecule has 5 heteroatoms. The van der Waals surface area contributed by atoms with Crippen molar-refractivity contribution in [1.29, 1.82) is 0 Å².